The van der Waals surface area contributed by atoms with Gasteiger partial charge in [-0.2, -0.15) is 0 Å². The standard InChI is InChI=1S/C13H27N/c1-11-8-7-9-12(2,3)14(6)13(4,5)10-11/h11H,7-10H2,1-6H3. The Bertz CT molecular complexity index is 193. The van der Waals surface area contributed by atoms with Crippen molar-refractivity contribution in [2.75, 3.05) is 7.05 Å². The quantitative estimate of drug-likeness (QED) is 0.572. The summed E-state index contributed by atoms with van der Waals surface area (Å²) in [6, 6.07) is 0. The van der Waals surface area contributed by atoms with Gasteiger partial charge in [0, 0.05) is 11.1 Å². The van der Waals surface area contributed by atoms with E-state index in [0.29, 0.717) is 11.1 Å². The number of likely N-dealkylation sites (tertiary alicyclic amines) is 1. The fourth-order valence-electron chi connectivity index (χ4n) is 2.96. The highest BCUT2D eigenvalue weighted by Crippen LogP contribution is 2.36. The van der Waals surface area contributed by atoms with Gasteiger partial charge >= 0.3 is 0 Å². The lowest BCUT2D eigenvalue weighted by Gasteiger charge is -2.49. The van der Waals surface area contributed by atoms with Gasteiger partial charge in [0.2, 0.25) is 0 Å². The monoisotopic (exact) mass is 197 g/mol. The molecule has 0 bridgehead atoms. The molecule has 84 valence electrons. The molecule has 1 heteroatoms. The first-order valence-electron chi connectivity index (χ1n) is 6.00. The summed E-state index contributed by atoms with van der Waals surface area (Å²) in [4.78, 5) is 2.58. The van der Waals surface area contributed by atoms with Crippen molar-refractivity contribution in [1.29, 1.82) is 0 Å². The van der Waals surface area contributed by atoms with E-state index in [4.69, 9.17) is 0 Å². The molecule has 1 aliphatic heterocycles. The lowest BCUT2D eigenvalue weighted by molar-refractivity contribution is 0.00978. The fraction of sp³-hybridized carbons (Fsp3) is 1.00. The maximum atomic E-state index is 2.58. The van der Waals surface area contributed by atoms with Crippen LogP contribution in [0.25, 0.3) is 0 Å². The molecular formula is C13H27N. The van der Waals surface area contributed by atoms with Gasteiger partial charge in [-0.05, 0) is 53.5 Å². The summed E-state index contributed by atoms with van der Waals surface area (Å²) in [6.45, 7) is 11.9. The lowest BCUT2D eigenvalue weighted by atomic mass is 9.79. The second kappa shape index (κ2) is 3.84. The Morgan fingerprint density at radius 1 is 1.07 bits per heavy atom. The van der Waals surface area contributed by atoms with Crippen LogP contribution in [0.2, 0.25) is 0 Å². The zero-order chi connectivity index (χ0) is 11.0. The molecule has 0 aromatic rings. The largest absolute Gasteiger partial charge is 0.296 e. The molecule has 1 fully saturated rings. The Morgan fingerprint density at radius 3 is 2.21 bits per heavy atom. The minimum Gasteiger partial charge on any atom is -0.296 e. The zero-order valence-corrected chi connectivity index (χ0v) is 10.9. The smallest absolute Gasteiger partial charge is 0.0158 e. The van der Waals surface area contributed by atoms with Crippen molar-refractivity contribution >= 4 is 0 Å². The maximum Gasteiger partial charge on any atom is 0.0158 e. The van der Waals surface area contributed by atoms with E-state index in [2.05, 4.69) is 46.6 Å². The molecule has 0 aromatic heterocycles. The second-order valence-corrected chi connectivity index (χ2v) is 6.39. The van der Waals surface area contributed by atoms with E-state index in [1.54, 1.807) is 0 Å². The second-order valence-electron chi connectivity index (χ2n) is 6.39. The zero-order valence-electron chi connectivity index (χ0n) is 10.9. The van der Waals surface area contributed by atoms with Gasteiger partial charge in [0.25, 0.3) is 0 Å². The minimum absolute atomic E-state index is 0.351. The van der Waals surface area contributed by atoms with Crippen LogP contribution in [-0.2, 0) is 0 Å². The van der Waals surface area contributed by atoms with E-state index >= 15 is 0 Å². The molecule has 1 nitrogen and oxygen atoms in total. The number of hydrogen-bond donors (Lipinski definition) is 0. The average molecular weight is 197 g/mol. The van der Waals surface area contributed by atoms with Crippen molar-refractivity contribution in [1.82, 2.24) is 4.90 Å². The summed E-state index contributed by atoms with van der Waals surface area (Å²) < 4.78 is 0. The summed E-state index contributed by atoms with van der Waals surface area (Å²) >= 11 is 0. The number of rotatable bonds is 0. The van der Waals surface area contributed by atoms with Crippen LogP contribution in [0.4, 0.5) is 0 Å². The predicted molar refractivity (Wildman–Crippen MR) is 63.6 cm³/mol. The van der Waals surface area contributed by atoms with Crippen molar-refractivity contribution in [2.24, 2.45) is 5.92 Å². The minimum atomic E-state index is 0.351. The molecule has 1 heterocycles. The summed E-state index contributed by atoms with van der Waals surface area (Å²) in [6.07, 6.45) is 5.44. The van der Waals surface area contributed by atoms with Gasteiger partial charge in [-0.3, -0.25) is 4.90 Å². The van der Waals surface area contributed by atoms with Gasteiger partial charge in [-0.15, -0.1) is 0 Å². The van der Waals surface area contributed by atoms with E-state index in [1.165, 1.54) is 25.7 Å². The summed E-state index contributed by atoms with van der Waals surface area (Å²) in [5.74, 6) is 0.878. The third-order valence-corrected chi connectivity index (χ3v) is 4.15. The predicted octanol–water partition coefficient (Wildman–Crippen LogP) is 3.69. The van der Waals surface area contributed by atoms with Crippen molar-refractivity contribution in [3.05, 3.63) is 0 Å². The van der Waals surface area contributed by atoms with Gasteiger partial charge in [0.05, 0.1) is 0 Å². The van der Waals surface area contributed by atoms with Crippen molar-refractivity contribution in [2.45, 2.75) is 71.4 Å². The highest BCUT2D eigenvalue weighted by Gasteiger charge is 2.36. The molecule has 0 spiro atoms. The Labute approximate surface area is 89.9 Å². The molecule has 1 unspecified atom stereocenters. The Hall–Kier alpha value is -0.0400. The van der Waals surface area contributed by atoms with Crippen LogP contribution < -0.4 is 0 Å². The molecule has 14 heavy (non-hydrogen) atoms. The molecule has 1 saturated heterocycles. The van der Waals surface area contributed by atoms with E-state index in [-0.39, 0.29) is 0 Å². The lowest BCUT2D eigenvalue weighted by Crippen LogP contribution is -2.54. The van der Waals surface area contributed by atoms with Crippen LogP contribution in [0.3, 0.4) is 0 Å². The summed E-state index contributed by atoms with van der Waals surface area (Å²) in [7, 11) is 2.29. The molecule has 0 amide bonds. The van der Waals surface area contributed by atoms with Crippen LogP contribution in [0, 0.1) is 5.92 Å². The summed E-state index contributed by atoms with van der Waals surface area (Å²) in [5.41, 5.74) is 0.715. The SMILES string of the molecule is CC1CCCC(C)(C)N(C)C(C)(C)C1. The topological polar surface area (TPSA) is 3.24 Å². The molecule has 1 rings (SSSR count). The third kappa shape index (κ3) is 2.50. The van der Waals surface area contributed by atoms with E-state index in [9.17, 15) is 0 Å². The Balaban J connectivity index is 2.82. The van der Waals surface area contributed by atoms with Crippen molar-refractivity contribution < 1.29 is 0 Å². The molecule has 1 atom stereocenters. The first-order valence-corrected chi connectivity index (χ1v) is 6.00. The third-order valence-electron chi connectivity index (χ3n) is 4.15. The van der Waals surface area contributed by atoms with E-state index in [1.807, 2.05) is 0 Å². The molecule has 0 radical (unpaired) electrons. The van der Waals surface area contributed by atoms with E-state index < -0.39 is 0 Å². The number of hydrogen-bond acceptors (Lipinski definition) is 1. The van der Waals surface area contributed by atoms with Gasteiger partial charge < -0.3 is 0 Å². The highest BCUT2D eigenvalue weighted by molar-refractivity contribution is 4.92. The Kier molecular flexibility index (Phi) is 3.30. The van der Waals surface area contributed by atoms with Gasteiger partial charge in [0.15, 0.2) is 0 Å². The normalized spacial score (nSPS) is 33.4. The van der Waals surface area contributed by atoms with Gasteiger partial charge in [-0.25, -0.2) is 0 Å². The molecule has 0 aliphatic carbocycles. The molecule has 0 N–H and O–H groups in total. The molecule has 0 aromatic carbocycles. The average Bonchev–Trinajstić information content (AvgIpc) is 2.00. The van der Waals surface area contributed by atoms with Gasteiger partial charge in [0.1, 0.15) is 0 Å². The maximum absolute atomic E-state index is 2.58. The fourth-order valence-corrected chi connectivity index (χ4v) is 2.96. The Morgan fingerprint density at radius 2 is 1.64 bits per heavy atom. The number of nitrogens with zero attached hydrogens (tertiary/aromatic N) is 1. The van der Waals surface area contributed by atoms with Crippen molar-refractivity contribution in [3.63, 3.8) is 0 Å². The first kappa shape index (κ1) is 12.0. The van der Waals surface area contributed by atoms with Crippen molar-refractivity contribution in [3.8, 4) is 0 Å². The first-order chi connectivity index (χ1) is 6.26. The molecular weight excluding hydrogens is 170 g/mol. The molecule has 1 aliphatic rings. The van der Waals surface area contributed by atoms with Crippen LogP contribution >= 0.6 is 0 Å². The molecule has 0 saturated carbocycles. The van der Waals surface area contributed by atoms with E-state index in [0.717, 1.165) is 5.92 Å². The highest BCUT2D eigenvalue weighted by atomic mass is 15.2. The van der Waals surface area contributed by atoms with Crippen LogP contribution in [0.1, 0.15) is 60.3 Å². The van der Waals surface area contributed by atoms with Crippen LogP contribution in [0.15, 0.2) is 0 Å². The summed E-state index contributed by atoms with van der Waals surface area (Å²) in [5, 5.41) is 0. The van der Waals surface area contributed by atoms with Crippen LogP contribution in [-0.4, -0.2) is 23.0 Å². The van der Waals surface area contributed by atoms with Gasteiger partial charge in [-0.1, -0.05) is 19.8 Å². The van der Waals surface area contributed by atoms with Crippen LogP contribution in [0.5, 0.6) is 0 Å².